The Hall–Kier alpha value is -4.66. The number of nitrogens with zero attached hydrogens (tertiary/aromatic N) is 2. The number of fused-ring (bicyclic) bond motifs is 1. The maximum Gasteiger partial charge on any atom is 0.320 e. The summed E-state index contributed by atoms with van der Waals surface area (Å²) in [5.41, 5.74) is 13.4. The third-order valence-corrected chi connectivity index (χ3v) is 7.47. The molecule has 222 valence electrons. The summed E-state index contributed by atoms with van der Waals surface area (Å²) in [5, 5.41) is 17.8. The second kappa shape index (κ2) is 14.0. The number of carboxylic acids is 1. The fourth-order valence-corrected chi connectivity index (χ4v) is 5.18. The van der Waals surface area contributed by atoms with Gasteiger partial charge in [-0.05, 0) is 49.6 Å². The van der Waals surface area contributed by atoms with Gasteiger partial charge in [0.2, 0.25) is 0 Å². The summed E-state index contributed by atoms with van der Waals surface area (Å²) in [5.74, 6) is 0.529. The van der Waals surface area contributed by atoms with Crippen molar-refractivity contribution in [3.8, 4) is 11.5 Å². The zero-order valence-electron chi connectivity index (χ0n) is 24.6. The van der Waals surface area contributed by atoms with Crippen LogP contribution in [-0.2, 0) is 31.1 Å². The number of aryl methyl sites for hydroxylation is 2. The first-order chi connectivity index (χ1) is 20.9. The highest BCUT2D eigenvalue weighted by molar-refractivity contribution is 5.84. The van der Waals surface area contributed by atoms with Crippen molar-refractivity contribution in [2.75, 3.05) is 6.54 Å². The van der Waals surface area contributed by atoms with Crippen LogP contribution < -0.4 is 15.2 Å². The van der Waals surface area contributed by atoms with Crippen LogP contribution in [0.3, 0.4) is 0 Å². The highest BCUT2D eigenvalue weighted by atomic mass is 16.5. The van der Waals surface area contributed by atoms with Crippen LogP contribution in [0.1, 0.15) is 39.8 Å². The van der Waals surface area contributed by atoms with Crippen LogP contribution in [0.15, 0.2) is 91.1 Å². The van der Waals surface area contributed by atoms with Crippen molar-refractivity contribution in [2.24, 2.45) is 5.73 Å². The largest absolute Gasteiger partial charge is 0.489 e. The molecule has 43 heavy (non-hydrogen) atoms. The monoisotopic (exact) mass is 578 g/mol. The number of para-hydroxylation sites is 1. The number of aliphatic carboxylic acids is 1. The fraction of sp³-hybridized carbons (Fsp3) is 0.257. The van der Waals surface area contributed by atoms with Gasteiger partial charge in [0, 0.05) is 36.1 Å². The summed E-state index contributed by atoms with van der Waals surface area (Å²) >= 11 is 0. The van der Waals surface area contributed by atoms with Crippen molar-refractivity contribution in [3.63, 3.8) is 0 Å². The molecule has 0 amide bonds. The molecule has 0 saturated heterocycles. The number of hydrogen-bond acceptors (Lipinski definition) is 6. The average Bonchev–Trinajstić information content (AvgIpc) is 3.48. The Morgan fingerprint density at radius 3 is 2.23 bits per heavy atom. The van der Waals surface area contributed by atoms with E-state index in [1.54, 1.807) is 0 Å². The van der Waals surface area contributed by atoms with Gasteiger partial charge in [-0.25, -0.2) is 0 Å². The molecule has 4 N–H and O–H groups in total. The Kier molecular flexibility index (Phi) is 9.71. The number of nitrogens with one attached hydrogen (secondary N) is 1. The standard InChI is InChI=1S/C35H38N4O4/c1-24-7-5-9-26(17-24)22-42-33-12-4-3-11-28(33)20-39(16-15-31(36)35(40)41)21-30-29-19-37-38-32(29)13-14-34(30)43-23-27-10-6-8-25(2)18-27/h3-14,17-19,31H,15-16,20-23,36H2,1-2H3,(H,37,38)(H,40,41)/t31-/m0/s1. The minimum atomic E-state index is -1.01. The van der Waals surface area contributed by atoms with Gasteiger partial charge in [0.15, 0.2) is 0 Å². The molecular formula is C35H38N4O4. The molecule has 0 unspecified atom stereocenters. The molecule has 0 spiro atoms. The molecule has 0 aliphatic carbocycles. The summed E-state index contributed by atoms with van der Waals surface area (Å²) in [6.45, 7) is 6.50. The van der Waals surface area contributed by atoms with Gasteiger partial charge in [-0.1, -0.05) is 77.9 Å². The average molecular weight is 579 g/mol. The number of benzene rings is 4. The first kappa shape index (κ1) is 29.8. The Morgan fingerprint density at radius 2 is 1.56 bits per heavy atom. The van der Waals surface area contributed by atoms with Crippen LogP contribution in [-0.4, -0.2) is 38.8 Å². The quantitative estimate of drug-likeness (QED) is 0.145. The molecule has 1 atom stereocenters. The first-order valence-electron chi connectivity index (χ1n) is 14.5. The summed E-state index contributed by atoms with van der Waals surface area (Å²) < 4.78 is 12.7. The Morgan fingerprint density at radius 1 is 0.884 bits per heavy atom. The van der Waals surface area contributed by atoms with Crippen molar-refractivity contribution in [2.45, 2.75) is 52.6 Å². The second-order valence-electron chi connectivity index (χ2n) is 11.0. The van der Waals surface area contributed by atoms with Crippen molar-refractivity contribution >= 4 is 16.9 Å². The molecule has 5 aromatic rings. The van der Waals surface area contributed by atoms with Crippen LogP contribution >= 0.6 is 0 Å². The van der Waals surface area contributed by atoms with E-state index in [0.717, 1.165) is 44.7 Å². The lowest BCUT2D eigenvalue weighted by atomic mass is 10.1. The number of rotatable bonds is 14. The fourth-order valence-electron chi connectivity index (χ4n) is 5.18. The summed E-state index contributed by atoms with van der Waals surface area (Å²) in [7, 11) is 0. The Labute approximate surface area is 252 Å². The van der Waals surface area contributed by atoms with Gasteiger partial charge in [0.25, 0.3) is 0 Å². The normalized spacial score (nSPS) is 12.0. The van der Waals surface area contributed by atoms with Crippen molar-refractivity contribution < 1.29 is 19.4 Å². The van der Waals surface area contributed by atoms with E-state index in [1.165, 1.54) is 11.1 Å². The second-order valence-corrected chi connectivity index (χ2v) is 11.0. The van der Waals surface area contributed by atoms with E-state index >= 15 is 0 Å². The molecular weight excluding hydrogens is 540 g/mol. The maximum atomic E-state index is 11.6. The van der Waals surface area contributed by atoms with E-state index in [-0.39, 0.29) is 0 Å². The van der Waals surface area contributed by atoms with E-state index in [0.29, 0.717) is 39.3 Å². The predicted octanol–water partition coefficient (Wildman–Crippen LogP) is 6.14. The van der Waals surface area contributed by atoms with E-state index < -0.39 is 12.0 Å². The highest BCUT2D eigenvalue weighted by Crippen LogP contribution is 2.31. The molecule has 0 radical (unpaired) electrons. The van der Waals surface area contributed by atoms with Crippen LogP contribution in [0.25, 0.3) is 10.9 Å². The number of aromatic nitrogens is 2. The number of carbonyl (C=O) groups is 1. The number of nitrogens with two attached hydrogens (primary N) is 1. The number of hydrogen-bond donors (Lipinski definition) is 3. The number of ether oxygens (including phenoxy) is 2. The lowest BCUT2D eigenvalue weighted by molar-refractivity contribution is -0.138. The lowest BCUT2D eigenvalue weighted by Gasteiger charge is -2.26. The zero-order chi connectivity index (χ0) is 30.2. The summed E-state index contributed by atoms with van der Waals surface area (Å²) in [6, 6.07) is 27.5. The van der Waals surface area contributed by atoms with Crippen LogP contribution in [0.2, 0.25) is 0 Å². The van der Waals surface area contributed by atoms with E-state index in [2.05, 4.69) is 65.3 Å². The van der Waals surface area contributed by atoms with E-state index in [4.69, 9.17) is 15.2 Å². The van der Waals surface area contributed by atoms with Gasteiger partial charge < -0.3 is 20.3 Å². The molecule has 8 nitrogen and oxygen atoms in total. The van der Waals surface area contributed by atoms with Crippen molar-refractivity contribution in [1.29, 1.82) is 0 Å². The first-order valence-corrected chi connectivity index (χ1v) is 14.5. The summed E-state index contributed by atoms with van der Waals surface area (Å²) in [6.07, 6.45) is 2.10. The molecule has 5 rings (SSSR count). The van der Waals surface area contributed by atoms with Gasteiger partial charge in [0.05, 0.1) is 11.7 Å². The smallest absolute Gasteiger partial charge is 0.320 e. The van der Waals surface area contributed by atoms with Crippen LogP contribution in [0, 0.1) is 13.8 Å². The summed E-state index contributed by atoms with van der Waals surface area (Å²) in [4.78, 5) is 13.8. The lowest BCUT2D eigenvalue weighted by Crippen LogP contribution is -2.35. The highest BCUT2D eigenvalue weighted by Gasteiger charge is 2.20. The van der Waals surface area contributed by atoms with Gasteiger partial charge >= 0.3 is 5.97 Å². The molecule has 1 aromatic heterocycles. The Bertz CT molecular complexity index is 1680. The van der Waals surface area contributed by atoms with Crippen LogP contribution in [0.4, 0.5) is 0 Å². The van der Waals surface area contributed by atoms with Gasteiger partial charge in [-0.3, -0.25) is 14.8 Å². The minimum absolute atomic E-state index is 0.294. The SMILES string of the molecule is Cc1cccc(COc2ccccc2CN(CC[C@H](N)C(=O)O)Cc2c(OCc3cccc(C)c3)ccc3[nH]ncc23)c1. The third kappa shape index (κ3) is 8.00. The number of H-pyrrole nitrogens is 1. The molecule has 4 aromatic carbocycles. The Balaban J connectivity index is 1.41. The molecule has 0 fully saturated rings. The molecule has 8 heteroatoms. The molecule has 0 bridgehead atoms. The molecule has 0 aliphatic heterocycles. The molecule has 0 aliphatic rings. The van der Waals surface area contributed by atoms with Gasteiger partial charge in [-0.15, -0.1) is 0 Å². The van der Waals surface area contributed by atoms with Crippen LogP contribution in [0.5, 0.6) is 11.5 Å². The third-order valence-electron chi connectivity index (χ3n) is 7.47. The number of aromatic amines is 1. The molecule has 0 saturated carbocycles. The number of carboxylic acid groups (broad SMARTS) is 1. The zero-order valence-corrected chi connectivity index (χ0v) is 24.6. The van der Waals surface area contributed by atoms with E-state index in [1.807, 2.05) is 54.7 Å². The van der Waals surface area contributed by atoms with E-state index in [9.17, 15) is 9.90 Å². The topological polar surface area (TPSA) is 114 Å². The minimum Gasteiger partial charge on any atom is -0.489 e. The van der Waals surface area contributed by atoms with Crippen molar-refractivity contribution in [1.82, 2.24) is 15.1 Å². The predicted molar refractivity (Wildman–Crippen MR) is 168 cm³/mol. The van der Waals surface area contributed by atoms with Gasteiger partial charge in [-0.2, -0.15) is 5.10 Å². The van der Waals surface area contributed by atoms with Gasteiger partial charge in [0.1, 0.15) is 30.8 Å². The maximum absolute atomic E-state index is 11.6. The molecule has 1 heterocycles. The van der Waals surface area contributed by atoms with Crippen molar-refractivity contribution in [3.05, 3.63) is 125 Å².